The first-order chi connectivity index (χ1) is 12.0. The van der Waals surface area contributed by atoms with Crippen LogP contribution in [0.25, 0.3) is 5.78 Å². The van der Waals surface area contributed by atoms with Crippen molar-refractivity contribution in [2.24, 2.45) is 5.92 Å². The van der Waals surface area contributed by atoms with Gasteiger partial charge in [0.1, 0.15) is 6.33 Å². The average Bonchev–Trinajstić information content (AvgIpc) is 3.19. The van der Waals surface area contributed by atoms with Gasteiger partial charge < -0.3 is 4.74 Å². The first kappa shape index (κ1) is 16.9. The molecular weight excluding hydrogens is 324 g/mol. The molecule has 0 bridgehead atoms. The summed E-state index contributed by atoms with van der Waals surface area (Å²) in [7, 11) is 0. The third kappa shape index (κ3) is 3.59. The fraction of sp³-hybridized carbons (Fsp3) is 0.438. The van der Waals surface area contributed by atoms with Crippen LogP contribution in [0.1, 0.15) is 41.3 Å². The van der Waals surface area contributed by atoms with Gasteiger partial charge in [0.15, 0.2) is 5.69 Å². The van der Waals surface area contributed by atoms with Crippen molar-refractivity contribution in [1.82, 2.24) is 29.8 Å². The van der Waals surface area contributed by atoms with Crippen LogP contribution in [-0.2, 0) is 17.6 Å². The van der Waals surface area contributed by atoms with E-state index >= 15 is 0 Å². The first-order valence-corrected chi connectivity index (χ1v) is 8.08. The Balaban J connectivity index is 1.64. The molecule has 0 spiro atoms. The van der Waals surface area contributed by atoms with Crippen molar-refractivity contribution in [3.63, 3.8) is 0 Å². The van der Waals surface area contributed by atoms with Crippen molar-refractivity contribution < 1.29 is 9.53 Å². The van der Waals surface area contributed by atoms with Crippen molar-refractivity contribution >= 4 is 11.7 Å². The lowest BCUT2D eigenvalue weighted by atomic mass is 10.1. The lowest BCUT2D eigenvalue weighted by molar-refractivity contribution is 0.0501. The Labute approximate surface area is 143 Å². The van der Waals surface area contributed by atoms with E-state index in [1.807, 2.05) is 0 Å². The maximum atomic E-state index is 12.4. The summed E-state index contributed by atoms with van der Waals surface area (Å²) in [5.74, 6) is 0.266. The number of aryl methyl sites for hydroxylation is 1. The molecule has 0 radical (unpaired) electrons. The zero-order valence-corrected chi connectivity index (χ0v) is 14.4. The summed E-state index contributed by atoms with van der Waals surface area (Å²) in [6.45, 7) is 5.98. The maximum Gasteiger partial charge on any atom is 0.358 e. The van der Waals surface area contributed by atoms with Gasteiger partial charge in [-0.2, -0.15) is 9.61 Å². The number of aromatic amines is 2. The molecule has 3 heterocycles. The molecule has 132 valence electrons. The van der Waals surface area contributed by atoms with Gasteiger partial charge in [-0.15, -0.1) is 0 Å². The molecule has 25 heavy (non-hydrogen) atoms. The van der Waals surface area contributed by atoms with Crippen LogP contribution in [0.4, 0.5) is 0 Å². The number of H-pyrrole nitrogens is 2. The molecule has 9 heteroatoms. The van der Waals surface area contributed by atoms with E-state index in [4.69, 9.17) is 4.74 Å². The van der Waals surface area contributed by atoms with Gasteiger partial charge >= 0.3 is 5.97 Å². The number of fused-ring (bicyclic) bond motifs is 1. The molecule has 3 aromatic heterocycles. The monoisotopic (exact) mass is 344 g/mol. The van der Waals surface area contributed by atoms with E-state index in [1.165, 1.54) is 10.8 Å². The Bertz CT molecular complexity index is 952. The number of aromatic nitrogens is 6. The van der Waals surface area contributed by atoms with Gasteiger partial charge in [0.2, 0.25) is 0 Å². The quantitative estimate of drug-likeness (QED) is 0.645. The molecule has 0 aliphatic heterocycles. The van der Waals surface area contributed by atoms with Gasteiger partial charge in [-0.05, 0) is 25.3 Å². The minimum atomic E-state index is -0.514. The Morgan fingerprint density at radius 1 is 1.40 bits per heavy atom. The highest BCUT2D eigenvalue weighted by atomic mass is 16.5. The summed E-state index contributed by atoms with van der Waals surface area (Å²) in [4.78, 5) is 32.6. The number of nitrogens with one attached hydrogen (secondary N) is 2. The third-order valence-electron chi connectivity index (χ3n) is 3.79. The zero-order chi connectivity index (χ0) is 18.0. The van der Waals surface area contributed by atoms with E-state index in [0.717, 1.165) is 12.1 Å². The van der Waals surface area contributed by atoms with Crippen LogP contribution in [0.3, 0.4) is 0 Å². The Hall–Kier alpha value is -2.97. The molecule has 0 unspecified atom stereocenters. The molecule has 0 amide bonds. The molecule has 0 aliphatic carbocycles. The van der Waals surface area contributed by atoms with Crippen molar-refractivity contribution in [2.45, 2.75) is 33.6 Å². The van der Waals surface area contributed by atoms with Crippen LogP contribution >= 0.6 is 0 Å². The molecule has 2 N–H and O–H groups in total. The van der Waals surface area contributed by atoms with E-state index in [-0.39, 0.29) is 24.3 Å². The van der Waals surface area contributed by atoms with Crippen molar-refractivity contribution in [2.75, 3.05) is 6.61 Å². The topological polar surface area (TPSA) is 118 Å². The summed E-state index contributed by atoms with van der Waals surface area (Å²) >= 11 is 0. The number of hydrogen-bond donors (Lipinski definition) is 2. The second-order valence-electron chi connectivity index (χ2n) is 6.27. The first-order valence-electron chi connectivity index (χ1n) is 8.08. The fourth-order valence-electron chi connectivity index (χ4n) is 2.61. The highest BCUT2D eigenvalue weighted by Crippen LogP contribution is 2.08. The normalized spacial score (nSPS) is 11.4. The summed E-state index contributed by atoms with van der Waals surface area (Å²) in [6.07, 6.45) is 2.49. The van der Waals surface area contributed by atoms with Crippen LogP contribution in [0, 0.1) is 12.8 Å². The van der Waals surface area contributed by atoms with E-state index in [1.54, 1.807) is 13.0 Å². The molecule has 0 saturated heterocycles. The van der Waals surface area contributed by atoms with Gasteiger partial charge in [0, 0.05) is 17.7 Å². The molecule has 0 aromatic carbocycles. The predicted octanol–water partition coefficient (Wildman–Crippen LogP) is 1.05. The van der Waals surface area contributed by atoms with Gasteiger partial charge in [0.05, 0.1) is 12.3 Å². The standard InChI is InChI=1S/C16H20N6O3/c1-9(2)6-11-7-13(21-20-11)15(24)25-5-4-12-10(3)19-16-17-8-18-22(16)14(12)23/h7-9H,4-6H2,1-3H3,(H,20,21)(H,17,18,19). The molecule has 3 aromatic rings. The molecule has 0 fully saturated rings. The van der Waals surface area contributed by atoms with Crippen LogP contribution < -0.4 is 5.56 Å². The van der Waals surface area contributed by atoms with Crippen molar-refractivity contribution in [3.05, 3.63) is 45.4 Å². The molecule has 0 saturated carbocycles. The zero-order valence-electron chi connectivity index (χ0n) is 14.4. The van der Waals surface area contributed by atoms with Crippen LogP contribution in [0.15, 0.2) is 17.2 Å². The maximum absolute atomic E-state index is 12.4. The predicted molar refractivity (Wildman–Crippen MR) is 89.5 cm³/mol. The minimum Gasteiger partial charge on any atom is -0.461 e. The Morgan fingerprint density at radius 3 is 2.96 bits per heavy atom. The van der Waals surface area contributed by atoms with Crippen LogP contribution in [0.5, 0.6) is 0 Å². The second-order valence-corrected chi connectivity index (χ2v) is 6.27. The lowest BCUT2D eigenvalue weighted by Gasteiger charge is -2.05. The smallest absolute Gasteiger partial charge is 0.358 e. The number of carbonyl (C=O) groups is 1. The number of esters is 1. The number of hydrogen-bond acceptors (Lipinski definition) is 6. The summed E-state index contributed by atoms with van der Waals surface area (Å²) < 4.78 is 6.49. The van der Waals surface area contributed by atoms with E-state index in [9.17, 15) is 9.59 Å². The number of carbonyl (C=O) groups excluding carboxylic acids is 1. The summed E-state index contributed by atoms with van der Waals surface area (Å²) in [5, 5.41) is 9.52. The van der Waals surface area contributed by atoms with E-state index in [2.05, 4.69) is 39.1 Å². The van der Waals surface area contributed by atoms with Crippen molar-refractivity contribution in [1.29, 1.82) is 0 Å². The largest absolute Gasteiger partial charge is 0.461 e. The van der Waals surface area contributed by atoms with Crippen LogP contribution in [-0.4, -0.2) is 42.4 Å². The number of rotatable bonds is 6. The van der Waals surface area contributed by atoms with Gasteiger partial charge in [-0.25, -0.2) is 14.8 Å². The van der Waals surface area contributed by atoms with Gasteiger partial charge in [0.25, 0.3) is 11.3 Å². The van der Waals surface area contributed by atoms with Crippen LogP contribution in [0.2, 0.25) is 0 Å². The molecule has 9 nitrogen and oxygen atoms in total. The average molecular weight is 344 g/mol. The summed E-state index contributed by atoms with van der Waals surface area (Å²) in [6, 6.07) is 1.70. The molecule has 3 rings (SSSR count). The number of nitrogens with zero attached hydrogens (tertiary/aromatic N) is 4. The third-order valence-corrected chi connectivity index (χ3v) is 3.79. The highest BCUT2D eigenvalue weighted by molar-refractivity contribution is 5.87. The second kappa shape index (κ2) is 6.88. The van der Waals surface area contributed by atoms with Gasteiger partial charge in [-0.1, -0.05) is 13.8 Å². The highest BCUT2D eigenvalue weighted by Gasteiger charge is 2.15. The molecular formula is C16H20N6O3. The van der Waals surface area contributed by atoms with E-state index in [0.29, 0.717) is 23.0 Å². The minimum absolute atomic E-state index is 0.0726. The Kier molecular flexibility index (Phi) is 4.64. The molecule has 0 aliphatic rings. The Morgan fingerprint density at radius 2 is 2.20 bits per heavy atom. The summed E-state index contributed by atoms with van der Waals surface area (Å²) in [5.41, 5.74) is 1.95. The molecule has 0 atom stereocenters. The lowest BCUT2D eigenvalue weighted by Crippen LogP contribution is -2.23. The van der Waals surface area contributed by atoms with Crippen molar-refractivity contribution in [3.8, 4) is 0 Å². The van der Waals surface area contributed by atoms with E-state index < -0.39 is 5.97 Å². The SMILES string of the molecule is Cc1nc2nc[nH]n2c(=O)c1CCOC(=O)c1cc(CC(C)C)[nH]n1. The van der Waals surface area contributed by atoms with Gasteiger partial charge in [-0.3, -0.25) is 15.0 Å². The fourth-order valence-corrected chi connectivity index (χ4v) is 2.61. The number of ether oxygens (including phenoxy) is 1.